The Labute approximate surface area is 451 Å². The molecule has 0 radical (unpaired) electrons. The lowest BCUT2D eigenvalue weighted by Crippen LogP contribution is -2.46. The van der Waals surface area contributed by atoms with E-state index < -0.39 is 41.3 Å². The SMILES string of the molecule is C[Si](C)(CC[Si](C)(C)O[Si](C)(C)CCCCCCCCCCCOc1ccc(-c2ccc(C#N)cc2)cc1)CC[Si](C)(C)O[Si](C)(C)CCCCCCCCCCCOc1ccc(-c2ccc(C#N)cc2)cc1. The number of nitrogens with zero attached hydrogens (tertiary/aromatic N) is 2. The summed E-state index contributed by atoms with van der Waals surface area (Å²) in [6, 6.07) is 44.4. The van der Waals surface area contributed by atoms with E-state index in [1.54, 1.807) is 0 Å². The van der Waals surface area contributed by atoms with E-state index in [0.29, 0.717) is 11.1 Å². The predicted octanol–water partition coefficient (Wildman–Crippen LogP) is 19.8. The van der Waals surface area contributed by atoms with Gasteiger partial charge in [-0.15, -0.1) is 0 Å². The fourth-order valence-corrected chi connectivity index (χ4v) is 36.5. The Hall–Kier alpha value is -3.54. The van der Waals surface area contributed by atoms with Crippen LogP contribution in [0.1, 0.15) is 127 Å². The number of nitriles is 2. The molecule has 0 atom stereocenters. The van der Waals surface area contributed by atoms with Gasteiger partial charge in [0.1, 0.15) is 11.5 Å². The molecule has 4 rings (SSSR count). The van der Waals surface area contributed by atoms with Crippen LogP contribution in [0.25, 0.3) is 22.3 Å². The molecule has 0 saturated heterocycles. The lowest BCUT2D eigenvalue weighted by Gasteiger charge is -2.38. The second-order valence-corrected chi connectivity index (χ2v) is 47.4. The summed E-state index contributed by atoms with van der Waals surface area (Å²) in [7, 11) is -8.05. The molecule has 0 bridgehead atoms. The highest BCUT2D eigenvalue weighted by Gasteiger charge is 2.37. The number of rotatable bonds is 38. The predicted molar refractivity (Wildman–Crippen MR) is 326 cm³/mol. The van der Waals surface area contributed by atoms with E-state index in [0.717, 1.165) is 59.8 Å². The fraction of sp³-hybridized carbons (Fsp3) is 0.581. The molecule has 0 spiro atoms. The Bertz CT molecular complexity index is 2060. The number of hydrogen-bond donors (Lipinski definition) is 0. The number of hydrogen-bond acceptors (Lipinski definition) is 6. The first-order chi connectivity index (χ1) is 34.8. The molecule has 0 aliphatic heterocycles. The minimum atomic E-state index is -1.70. The summed E-state index contributed by atoms with van der Waals surface area (Å²) in [6.45, 7) is 26.8. The van der Waals surface area contributed by atoms with E-state index in [1.807, 2.05) is 72.8 Å². The van der Waals surface area contributed by atoms with Crippen molar-refractivity contribution in [3.63, 3.8) is 0 Å². The average molecular weight is 1080 g/mol. The Morgan fingerprint density at radius 1 is 0.301 bits per heavy atom. The maximum atomic E-state index is 9.04. The smallest absolute Gasteiger partial charge is 0.173 e. The molecule has 0 aromatic heterocycles. The largest absolute Gasteiger partial charge is 0.494 e. The molecular weight excluding hydrogens is 977 g/mol. The highest BCUT2D eigenvalue weighted by molar-refractivity contribution is 6.88. The first kappa shape index (κ1) is 62.0. The van der Waals surface area contributed by atoms with Crippen LogP contribution >= 0.6 is 0 Å². The minimum Gasteiger partial charge on any atom is -0.494 e. The third-order valence-corrected chi connectivity index (χ3v) is 33.8. The van der Waals surface area contributed by atoms with Crippen LogP contribution in [0.2, 0.25) is 102 Å². The Morgan fingerprint density at radius 2 is 0.548 bits per heavy atom. The van der Waals surface area contributed by atoms with Gasteiger partial charge in [-0.3, -0.25) is 0 Å². The van der Waals surface area contributed by atoms with Gasteiger partial charge in [-0.25, -0.2) is 0 Å². The van der Waals surface area contributed by atoms with Crippen LogP contribution in [-0.4, -0.2) is 54.6 Å². The van der Waals surface area contributed by atoms with Crippen molar-refractivity contribution in [1.29, 1.82) is 10.5 Å². The highest BCUT2D eigenvalue weighted by Crippen LogP contribution is 2.33. The number of ether oxygens (including phenoxy) is 2. The van der Waals surface area contributed by atoms with Crippen molar-refractivity contribution in [2.24, 2.45) is 0 Å². The second kappa shape index (κ2) is 32.1. The summed E-state index contributed by atoms with van der Waals surface area (Å²) < 4.78 is 26.4. The molecule has 0 aliphatic carbocycles. The molecule has 0 aliphatic rings. The van der Waals surface area contributed by atoms with Gasteiger partial charge in [0.15, 0.2) is 33.3 Å². The van der Waals surface area contributed by atoms with Crippen molar-refractivity contribution in [2.75, 3.05) is 13.2 Å². The normalized spacial score (nSPS) is 12.4. The van der Waals surface area contributed by atoms with Gasteiger partial charge in [0.05, 0.1) is 36.5 Å². The molecule has 0 amide bonds. The number of unbranched alkanes of at least 4 members (excludes halogenated alkanes) is 16. The molecule has 6 nitrogen and oxygen atoms in total. The standard InChI is InChI=1S/C62H98N2O4Si5/c1-69(2,49-51-72(7,8)67-70(3,4)47-27-23-19-15-11-13-17-21-25-45-65-61-41-37-59(38-42-61)57-33-29-55(53-63)30-34-57)50-52-73(9,10)68-71(5,6)48-28-24-20-16-12-14-18-22-26-46-66-62-43-39-60(40-44-62)58-35-31-56(54-64)32-36-58/h29-44H,11-28,45-52H2,1-10H3. The Kier molecular flexibility index (Phi) is 27.3. The summed E-state index contributed by atoms with van der Waals surface area (Å²) in [5, 5.41) is 18.1. The number of benzene rings is 4. The van der Waals surface area contributed by atoms with Gasteiger partial charge in [0.25, 0.3) is 0 Å². The lowest BCUT2D eigenvalue weighted by molar-refractivity contribution is 0.304. The monoisotopic (exact) mass is 1070 g/mol. The maximum absolute atomic E-state index is 9.04. The van der Waals surface area contributed by atoms with E-state index in [4.69, 9.17) is 28.2 Å². The zero-order valence-corrected chi connectivity index (χ0v) is 52.6. The van der Waals surface area contributed by atoms with E-state index in [2.05, 4.69) is 102 Å². The topological polar surface area (TPSA) is 84.5 Å². The fourth-order valence-electron chi connectivity index (χ4n) is 10.2. The average Bonchev–Trinajstić information content (AvgIpc) is 3.36. The molecule has 400 valence electrons. The van der Waals surface area contributed by atoms with Gasteiger partial charge < -0.3 is 17.7 Å². The zero-order valence-electron chi connectivity index (χ0n) is 47.6. The van der Waals surface area contributed by atoms with Crippen molar-refractivity contribution in [2.45, 2.75) is 217 Å². The lowest BCUT2D eigenvalue weighted by atomic mass is 10.0. The van der Waals surface area contributed by atoms with Gasteiger partial charge in [0.2, 0.25) is 0 Å². The first-order valence-electron chi connectivity index (χ1n) is 28.7. The molecule has 4 aromatic rings. The molecular formula is C62H98N2O4Si5. The maximum Gasteiger partial charge on any atom is 0.173 e. The summed E-state index contributed by atoms with van der Waals surface area (Å²) in [6.07, 6.45) is 23.4. The van der Waals surface area contributed by atoms with Gasteiger partial charge in [0, 0.05) is 8.07 Å². The summed E-state index contributed by atoms with van der Waals surface area (Å²) in [5.41, 5.74) is 5.88. The van der Waals surface area contributed by atoms with Crippen molar-refractivity contribution in [3.05, 3.63) is 108 Å². The van der Waals surface area contributed by atoms with Gasteiger partial charge >= 0.3 is 0 Å². The summed E-state index contributed by atoms with van der Waals surface area (Å²) in [4.78, 5) is 0. The Balaban J connectivity index is 0.947. The van der Waals surface area contributed by atoms with E-state index >= 15 is 0 Å². The zero-order chi connectivity index (χ0) is 53.1. The van der Waals surface area contributed by atoms with Crippen molar-refractivity contribution < 1.29 is 17.7 Å². The van der Waals surface area contributed by atoms with Crippen LogP contribution < -0.4 is 9.47 Å². The van der Waals surface area contributed by atoms with Crippen LogP contribution in [0.3, 0.4) is 0 Å². The quantitative estimate of drug-likeness (QED) is 0.0328. The third kappa shape index (κ3) is 26.7. The molecule has 0 saturated carbocycles. The van der Waals surface area contributed by atoms with Crippen LogP contribution in [0.4, 0.5) is 0 Å². The summed E-state index contributed by atoms with van der Waals surface area (Å²) >= 11 is 0. The molecule has 11 heteroatoms. The molecule has 0 fully saturated rings. The van der Waals surface area contributed by atoms with Gasteiger partial charge in [-0.2, -0.15) is 10.5 Å². The molecule has 73 heavy (non-hydrogen) atoms. The highest BCUT2D eigenvalue weighted by atomic mass is 28.4. The first-order valence-corrected chi connectivity index (χ1v) is 44.5. The van der Waals surface area contributed by atoms with E-state index in [-0.39, 0.29) is 0 Å². The molecule has 0 heterocycles. The molecule has 4 aromatic carbocycles. The van der Waals surface area contributed by atoms with Crippen molar-refractivity contribution in [3.8, 4) is 45.9 Å². The van der Waals surface area contributed by atoms with Crippen LogP contribution in [0.15, 0.2) is 97.1 Å². The van der Waals surface area contributed by atoms with E-state index in [1.165, 1.54) is 139 Å². The molecule has 0 N–H and O–H groups in total. The van der Waals surface area contributed by atoms with Crippen molar-refractivity contribution >= 4 is 41.3 Å². The second-order valence-electron chi connectivity index (χ2n) is 24.4. The van der Waals surface area contributed by atoms with Crippen LogP contribution in [-0.2, 0) is 8.23 Å². The van der Waals surface area contributed by atoms with Gasteiger partial charge in [-0.05, 0) is 160 Å². The molecule has 0 unspecified atom stereocenters. The minimum absolute atomic E-state index is 0.686. The van der Waals surface area contributed by atoms with Gasteiger partial charge in [-0.1, -0.05) is 176 Å². The summed E-state index contributed by atoms with van der Waals surface area (Å²) in [5.74, 6) is 1.86. The third-order valence-electron chi connectivity index (χ3n) is 14.7. The van der Waals surface area contributed by atoms with Crippen LogP contribution in [0.5, 0.6) is 11.5 Å². The van der Waals surface area contributed by atoms with E-state index in [9.17, 15) is 0 Å². The Morgan fingerprint density at radius 3 is 0.836 bits per heavy atom. The van der Waals surface area contributed by atoms with Crippen LogP contribution in [0, 0.1) is 22.7 Å². The van der Waals surface area contributed by atoms with Crippen molar-refractivity contribution in [1.82, 2.24) is 0 Å².